The number of aryl methyl sites for hydroxylation is 1. The van der Waals surface area contributed by atoms with Gasteiger partial charge in [-0.1, -0.05) is 0 Å². The number of aliphatic carboxylic acids is 1. The molecule has 1 aromatic rings. The molecule has 1 atom stereocenters. The Bertz CT molecular complexity index is 454. The molecule has 4 N–H and O–H groups in total. The van der Waals surface area contributed by atoms with Crippen LogP contribution in [0.3, 0.4) is 0 Å². The van der Waals surface area contributed by atoms with E-state index in [9.17, 15) is 14.4 Å². The molecule has 8 heteroatoms. The molecule has 0 aromatic carbocycles. The monoisotopic (exact) mass is 240 g/mol. The second-order valence-corrected chi connectivity index (χ2v) is 3.37. The lowest BCUT2D eigenvalue weighted by Gasteiger charge is -2.12. The van der Waals surface area contributed by atoms with Crippen LogP contribution in [-0.2, 0) is 16.6 Å². The number of nitrogens with zero attached hydrogens (tertiary/aromatic N) is 2. The van der Waals surface area contributed by atoms with Crippen molar-refractivity contribution >= 4 is 17.8 Å². The van der Waals surface area contributed by atoms with Crippen molar-refractivity contribution in [2.24, 2.45) is 12.8 Å². The largest absolute Gasteiger partial charge is 0.480 e. The molecule has 17 heavy (non-hydrogen) atoms. The highest BCUT2D eigenvalue weighted by Gasteiger charge is 2.23. The normalized spacial score (nSPS) is 11.8. The zero-order valence-electron chi connectivity index (χ0n) is 9.08. The number of hydrogen-bond donors (Lipinski definition) is 3. The molecular formula is C9H12N4O4. The lowest BCUT2D eigenvalue weighted by molar-refractivity contribution is -0.140. The second-order valence-electron chi connectivity index (χ2n) is 3.37. The number of primary amides is 1. The minimum absolute atomic E-state index is 0.195. The summed E-state index contributed by atoms with van der Waals surface area (Å²) in [4.78, 5) is 33.1. The van der Waals surface area contributed by atoms with Crippen LogP contribution in [0.1, 0.15) is 16.9 Å². The molecule has 0 saturated heterocycles. The van der Waals surface area contributed by atoms with Crippen LogP contribution < -0.4 is 11.1 Å². The highest BCUT2D eigenvalue weighted by atomic mass is 16.4. The highest BCUT2D eigenvalue weighted by Crippen LogP contribution is 1.99. The summed E-state index contributed by atoms with van der Waals surface area (Å²) >= 11 is 0. The first-order chi connectivity index (χ1) is 7.91. The van der Waals surface area contributed by atoms with Crippen LogP contribution in [0.25, 0.3) is 0 Å². The minimum atomic E-state index is -1.34. The summed E-state index contributed by atoms with van der Waals surface area (Å²) in [6.07, 6.45) is 0.942. The molecule has 0 saturated carbocycles. The van der Waals surface area contributed by atoms with Crippen molar-refractivity contribution in [2.45, 2.75) is 12.5 Å². The summed E-state index contributed by atoms with van der Waals surface area (Å²) in [5, 5.41) is 14.8. The van der Waals surface area contributed by atoms with Crippen molar-refractivity contribution in [2.75, 3.05) is 0 Å². The number of carboxylic acid groups (broad SMARTS) is 1. The quantitative estimate of drug-likeness (QED) is 0.575. The molecule has 0 fully saturated rings. The van der Waals surface area contributed by atoms with Crippen LogP contribution >= 0.6 is 0 Å². The number of nitrogens with two attached hydrogens (primary N) is 1. The average molecular weight is 240 g/mol. The Morgan fingerprint density at radius 2 is 2.24 bits per heavy atom. The molecule has 1 heterocycles. The Kier molecular flexibility index (Phi) is 3.81. The van der Waals surface area contributed by atoms with Gasteiger partial charge in [0.05, 0.1) is 6.42 Å². The molecule has 0 aliphatic carbocycles. The standard InChI is InChI=1S/C9H12N4O4/c1-13-6(2-3-11-13)8(15)12-5(9(16)17)4-7(10)14/h2-3,5H,4H2,1H3,(H2,10,14)(H,12,15)(H,16,17)/t5-/m0/s1. The zero-order chi connectivity index (χ0) is 13.0. The van der Waals surface area contributed by atoms with Crippen molar-refractivity contribution in [1.82, 2.24) is 15.1 Å². The molecule has 0 bridgehead atoms. The molecule has 0 spiro atoms. The van der Waals surface area contributed by atoms with Gasteiger partial charge < -0.3 is 16.2 Å². The number of nitrogens with one attached hydrogen (secondary N) is 1. The van der Waals surface area contributed by atoms with Crippen LogP contribution in [0.15, 0.2) is 12.3 Å². The molecule has 0 radical (unpaired) electrons. The van der Waals surface area contributed by atoms with Crippen LogP contribution in [0.5, 0.6) is 0 Å². The summed E-state index contributed by atoms with van der Waals surface area (Å²) in [6, 6.07) is 0.0910. The summed E-state index contributed by atoms with van der Waals surface area (Å²) in [7, 11) is 1.54. The Morgan fingerprint density at radius 3 is 2.65 bits per heavy atom. The third-order valence-electron chi connectivity index (χ3n) is 2.06. The van der Waals surface area contributed by atoms with Gasteiger partial charge in [-0.2, -0.15) is 5.10 Å². The van der Waals surface area contributed by atoms with Crippen molar-refractivity contribution in [1.29, 1.82) is 0 Å². The molecular weight excluding hydrogens is 228 g/mol. The van der Waals surface area contributed by atoms with Gasteiger partial charge in [-0.15, -0.1) is 0 Å². The number of hydrogen-bond acceptors (Lipinski definition) is 4. The second kappa shape index (κ2) is 5.10. The van der Waals surface area contributed by atoms with Crippen molar-refractivity contribution in [3.8, 4) is 0 Å². The number of rotatable bonds is 5. The van der Waals surface area contributed by atoms with Gasteiger partial charge >= 0.3 is 5.97 Å². The Morgan fingerprint density at radius 1 is 1.59 bits per heavy atom. The van der Waals surface area contributed by atoms with Crippen LogP contribution in [0, 0.1) is 0 Å². The zero-order valence-corrected chi connectivity index (χ0v) is 9.08. The van der Waals surface area contributed by atoms with Crippen LogP contribution in [0.4, 0.5) is 0 Å². The molecule has 1 rings (SSSR count). The first-order valence-electron chi connectivity index (χ1n) is 4.71. The predicted octanol–water partition coefficient (Wildman–Crippen LogP) is -1.52. The van der Waals surface area contributed by atoms with E-state index in [2.05, 4.69) is 10.4 Å². The van der Waals surface area contributed by atoms with E-state index in [0.717, 1.165) is 0 Å². The molecule has 8 nitrogen and oxygen atoms in total. The van der Waals surface area contributed by atoms with E-state index in [1.165, 1.54) is 16.9 Å². The van der Waals surface area contributed by atoms with E-state index in [4.69, 9.17) is 10.8 Å². The van der Waals surface area contributed by atoms with Crippen molar-refractivity contribution in [3.05, 3.63) is 18.0 Å². The maximum atomic E-state index is 11.6. The number of carboxylic acids is 1. The molecule has 92 valence electrons. The number of carbonyl (C=O) groups is 3. The molecule has 0 unspecified atom stereocenters. The van der Waals surface area contributed by atoms with Gasteiger partial charge in [0, 0.05) is 13.2 Å². The molecule has 2 amide bonds. The van der Waals surface area contributed by atoms with E-state index in [1.54, 1.807) is 7.05 Å². The summed E-state index contributed by atoms with van der Waals surface area (Å²) in [6.45, 7) is 0. The maximum Gasteiger partial charge on any atom is 0.326 e. The van der Waals surface area contributed by atoms with E-state index in [0.29, 0.717) is 0 Å². The van der Waals surface area contributed by atoms with Gasteiger partial charge in [-0.05, 0) is 6.07 Å². The summed E-state index contributed by atoms with van der Waals surface area (Å²) < 4.78 is 1.29. The average Bonchev–Trinajstić information content (AvgIpc) is 2.62. The summed E-state index contributed by atoms with van der Waals surface area (Å²) in [5.41, 5.74) is 5.08. The topological polar surface area (TPSA) is 127 Å². The van der Waals surface area contributed by atoms with E-state index in [1.807, 2.05) is 0 Å². The molecule has 0 aliphatic rings. The van der Waals surface area contributed by atoms with Gasteiger partial charge in [-0.3, -0.25) is 14.3 Å². The van der Waals surface area contributed by atoms with E-state index >= 15 is 0 Å². The molecule has 1 aromatic heterocycles. The lowest BCUT2D eigenvalue weighted by atomic mass is 10.2. The van der Waals surface area contributed by atoms with E-state index < -0.39 is 30.2 Å². The van der Waals surface area contributed by atoms with Gasteiger partial charge in [0.1, 0.15) is 11.7 Å². The molecule has 0 aliphatic heterocycles. The Labute approximate surface area is 96.4 Å². The Balaban J connectivity index is 2.74. The maximum absolute atomic E-state index is 11.6. The third-order valence-corrected chi connectivity index (χ3v) is 2.06. The highest BCUT2D eigenvalue weighted by molar-refractivity contribution is 5.96. The number of aromatic nitrogens is 2. The fraction of sp³-hybridized carbons (Fsp3) is 0.333. The lowest BCUT2D eigenvalue weighted by Crippen LogP contribution is -2.43. The van der Waals surface area contributed by atoms with Crippen molar-refractivity contribution in [3.63, 3.8) is 0 Å². The van der Waals surface area contributed by atoms with Gasteiger partial charge in [-0.25, -0.2) is 4.79 Å². The third kappa shape index (κ3) is 3.30. The minimum Gasteiger partial charge on any atom is -0.480 e. The fourth-order valence-electron chi connectivity index (χ4n) is 1.23. The first-order valence-corrected chi connectivity index (χ1v) is 4.71. The predicted molar refractivity (Wildman–Crippen MR) is 55.9 cm³/mol. The summed E-state index contributed by atoms with van der Waals surface area (Å²) in [5.74, 6) is -2.75. The van der Waals surface area contributed by atoms with Crippen molar-refractivity contribution < 1.29 is 19.5 Å². The van der Waals surface area contributed by atoms with Crippen LogP contribution in [-0.4, -0.2) is 38.7 Å². The Hall–Kier alpha value is -2.38. The SMILES string of the molecule is Cn1nccc1C(=O)N[C@@H](CC(N)=O)C(=O)O. The number of amides is 2. The van der Waals surface area contributed by atoms with Gasteiger partial charge in [0.15, 0.2) is 0 Å². The smallest absolute Gasteiger partial charge is 0.326 e. The first kappa shape index (κ1) is 12.7. The van der Waals surface area contributed by atoms with Gasteiger partial charge in [0.25, 0.3) is 5.91 Å². The number of carbonyl (C=O) groups excluding carboxylic acids is 2. The van der Waals surface area contributed by atoms with Gasteiger partial charge in [0.2, 0.25) is 5.91 Å². The van der Waals surface area contributed by atoms with E-state index in [-0.39, 0.29) is 5.69 Å². The van der Waals surface area contributed by atoms with Crippen LogP contribution in [0.2, 0.25) is 0 Å². The fourth-order valence-corrected chi connectivity index (χ4v) is 1.23.